The predicted octanol–water partition coefficient (Wildman–Crippen LogP) is 1.62. The number of amides is 1. The first-order chi connectivity index (χ1) is 11.5. The average Bonchev–Trinajstić information content (AvgIpc) is 3.07. The zero-order chi connectivity index (χ0) is 17.1. The second-order valence-electron chi connectivity index (χ2n) is 6.31. The molecule has 3 heterocycles. The Bertz CT molecular complexity index is 701. The molecule has 24 heavy (non-hydrogen) atoms. The maximum atomic E-state index is 12.5. The van der Waals surface area contributed by atoms with Crippen molar-refractivity contribution in [2.75, 3.05) is 39.1 Å². The normalized spacial score (nSPS) is 14.3. The fourth-order valence-corrected chi connectivity index (χ4v) is 3.70. The lowest BCUT2D eigenvalue weighted by Gasteiger charge is -2.31. The first-order valence-electron chi connectivity index (χ1n) is 8.03. The average molecular weight is 345 g/mol. The number of fused-ring (bicyclic) bond motifs is 1. The third kappa shape index (κ3) is 3.73. The van der Waals surface area contributed by atoms with Crippen molar-refractivity contribution in [2.45, 2.75) is 19.5 Å². The Kier molecular flexibility index (Phi) is 5.11. The number of rotatable bonds is 5. The van der Waals surface area contributed by atoms with Crippen LogP contribution >= 0.6 is 11.3 Å². The maximum Gasteiger partial charge on any atom is 0.236 e. The van der Waals surface area contributed by atoms with Crippen LogP contribution in [0.4, 0.5) is 5.82 Å². The molecule has 0 spiro atoms. The fraction of sp³-hybridized carbons (Fsp3) is 0.471. The van der Waals surface area contributed by atoms with E-state index in [1.165, 1.54) is 4.88 Å². The van der Waals surface area contributed by atoms with Crippen LogP contribution in [0.15, 0.2) is 23.8 Å². The summed E-state index contributed by atoms with van der Waals surface area (Å²) in [6.07, 6.45) is 2.49. The molecule has 2 aromatic rings. The van der Waals surface area contributed by atoms with Crippen molar-refractivity contribution in [3.8, 4) is 0 Å². The summed E-state index contributed by atoms with van der Waals surface area (Å²) in [4.78, 5) is 28.5. The Morgan fingerprint density at radius 1 is 1.33 bits per heavy atom. The van der Waals surface area contributed by atoms with E-state index in [0.717, 1.165) is 36.6 Å². The molecule has 0 radical (unpaired) electrons. The van der Waals surface area contributed by atoms with Crippen molar-refractivity contribution in [3.63, 3.8) is 0 Å². The minimum absolute atomic E-state index is 0.148. The van der Waals surface area contributed by atoms with Crippen molar-refractivity contribution < 1.29 is 4.79 Å². The van der Waals surface area contributed by atoms with Gasteiger partial charge in [0.05, 0.1) is 18.8 Å². The highest BCUT2D eigenvalue weighted by Crippen LogP contribution is 2.24. The Balaban J connectivity index is 1.64. The lowest BCUT2D eigenvalue weighted by atomic mass is 10.1. The van der Waals surface area contributed by atoms with Crippen LogP contribution < -0.4 is 4.90 Å². The largest absolute Gasteiger partial charge is 0.362 e. The Labute approximate surface area is 146 Å². The number of nitrogens with zero attached hydrogens (tertiary/aromatic N) is 5. The summed E-state index contributed by atoms with van der Waals surface area (Å²) in [5.74, 6) is 1.10. The number of hydrogen-bond acceptors (Lipinski definition) is 6. The molecule has 0 atom stereocenters. The number of aromatic nitrogens is 2. The van der Waals surface area contributed by atoms with E-state index in [4.69, 9.17) is 0 Å². The topological polar surface area (TPSA) is 52.6 Å². The van der Waals surface area contributed by atoms with Gasteiger partial charge in [0.15, 0.2) is 0 Å². The van der Waals surface area contributed by atoms with Gasteiger partial charge < -0.3 is 9.80 Å². The molecular weight excluding hydrogens is 322 g/mol. The highest BCUT2D eigenvalue weighted by atomic mass is 32.1. The van der Waals surface area contributed by atoms with E-state index in [2.05, 4.69) is 20.9 Å². The summed E-state index contributed by atoms with van der Waals surface area (Å²) in [7, 11) is 5.84. The van der Waals surface area contributed by atoms with Gasteiger partial charge in [-0.05, 0) is 11.4 Å². The third-order valence-corrected chi connectivity index (χ3v) is 5.10. The van der Waals surface area contributed by atoms with Crippen LogP contribution in [0.2, 0.25) is 0 Å². The number of anilines is 1. The molecule has 0 aromatic carbocycles. The van der Waals surface area contributed by atoms with E-state index in [-0.39, 0.29) is 5.91 Å². The van der Waals surface area contributed by atoms with Crippen LogP contribution in [0, 0.1) is 0 Å². The number of thiophene rings is 1. The molecule has 3 rings (SSSR count). The highest BCUT2D eigenvalue weighted by molar-refractivity contribution is 7.09. The van der Waals surface area contributed by atoms with E-state index in [9.17, 15) is 4.79 Å². The van der Waals surface area contributed by atoms with Crippen LogP contribution in [-0.2, 0) is 24.3 Å². The predicted molar refractivity (Wildman–Crippen MR) is 96.1 cm³/mol. The number of carbonyl (C=O) groups excluding carboxylic acids is 1. The van der Waals surface area contributed by atoms with Crippen molar-refractivity contribution in [3.05, 3.63) is 40.0 Å². The second kappa shape index (κ2) is 7.27. The molecular formula is C17H23N5OS. The fourth-order valence-electron chi connectivity index (χ4n) is 2.94. The smallest absolute Gasteiger partial charge is 0.236 e. The van der Waals surface area contributed by atoms with Gasteiger partial charge in [0.2, 0.25) is 5.91 Å². The molecule has 0 aliphatic carbocycles. The molecule has 6 nitrogen and oxygen atoms in total. The van der Waals surface area contributed by atoms with Gasteiger partial charge in [-0.3, -0.25) is 9.69 Å². The lowest BCUT2D eigenvalue weighted by Crippen LogP contribution is -2.41. The molecule has 1 aliphatic heterocycles. The van der Waals surface area contributed by atoms with E-state index < -0.39 is 0 Å². The SMILES string of the molecule is CN(Cc1cccs1)C(=O)CN1CCc2ncnc(N(C)C)c2C1. The second-order valence-corrected chi connectivity index (χ2v) is 7.34. The Morgan fingerprint density at radius 3 is 2.88 bits per heavy atom. The van der Waals surface area contributed by atoms with Crippen LogP contribution in [0.5, 0.6) is 0 Å². The van der Waals surface area contributed by atoms with Crippen molar-refractivity contribution >= 4 is 23.1 Å². The van der Waals surface area contributed by atoms with E-state index in [1.54, 1.807) is 22.6 Å². The van der Waals surface area contributed by atoms with Crippen molar-refractivity contribution in [1.82, 2.24) is 19.8 Å². The van der Waals surface area contributed by atoms with Gasteiger partial charge in [-0.2, -0.15) is 0 Å². The minimum Gasteiger partial charge on any atom is -0.362 e. The third-order valence-electron chi connectivity index (χ3n) is 4.24. The van der Waals surface area contributed by atoms with Gasteiger partial charge in [-0.15, -0.1) is 11.3 Å². The van der Waals surface area contributed by atoms with Crippen molar-refractivity contribution in [2.24, 2.45) is 0 Å². The quantitative estimate of drug-likeness (QED) is 0.824. The molecule has 1 amide bonds. The van der Waals surface area contributed by atoms with Gasteiger partial charge in [0, 0.05) is 51.1 Å². The molecule has 0 unspecified atom stereocenters. The summed E-state index contributed by atoms with van der Waals surface area (Å²) < 4.78 is 0. The maximum absolute atomic E-state index is 12.5. The zero-order valence-corrected chi connectivity index (χ0v) is 15.2. The molecule has 7 heteroatoms. The highest BCUT2D eigenvalue weighted by Gasteiger charge is 2.24. The molecule has 1 aliphatic rings. The van der Waals surface area contributed by atoms with Gasteiger partial charge >= 0.3 is 0 Å². The number of hydrogen-bond donors (Lipinski definition) is 0. The summed E-state index contributed by atoms with van der Waals surface area (Å²) in [6.45, 7) is 2.69. The summed E-state index contributed by atoms with van der Waals surface area (Å²) in [6, 6.07) is 4.08. The van der Waals surface area contributed by atoms with E-state index in [1.807, 2.05) is 37.5 Å². The first-order valence-corrected chi connectivity index (χ1v) is 8.91. The number of likely N-dealkylation sites (N-methyl/N-ethyl adjacent to an activating group) is 1. The molecule has 2 aromatic heterocycles. The lowest BCUT2D eigenvalue weighted by molar-refractivity contribution is -0.131. The Morgan fingerprint density at radius 2 is 2.17 bits per heavy atom. The van der Waals surface area contributed by atoms with Gasteiger partial charge in [0.25, 0.3) is 0 Å². The Hall–Kier alpha value is -1.99. The van der Waals surface area contributed by atoms with Crippen LogP contribution in [0.3, 0.4) is 0 Å². The molecule has 0 bridgehead atoms. The summed E-state index contributed by atoms with van der Waals surface area (Å²) in [5, 5.41) is 2.04. The van der Waals surface area contributed by atoms with Crippen LogP contribution in [0.25, 0.3) is 0 Å². The van der Waals surface area contributed by atoms with E-state index in [0.29, 0.717) is 13.1 Å². The standard InChI is InChI=1S/C17H23N5OS/c1-20(2)17-14-10-22(7-6-15(14)18-12-19-17)11-16(23)21(3)9-13-5-4-8-24-13/h4-5,8,12H,6-7,9-11H2,1-3H3. The molecule has 0 saturated heterocycles. The first kappa shape index (κ1) is 16.9. The molecule has 128 valence electrons. The summed E-state index contributed by atoms with van der Waals surface area (Å²) >= 11 is 1.68. The van der Waals surface area contributed by atoms with Crippen LogP contribution in [-0.4, -0.2) is 59.9 Å². The number of carbonyl (C=O) groups is 1. The van der Waals surface area contributed by atoms with Gasteiger partial charge in [-0.25, -0.2) is 9.97 Å². The zero-order valence-electron chi connectivity index (χ0n) is 14.4. The van der Waals surface area contributed by atoms with Gasteiger partial charge in [0.1, 0.15) is 12.1 Å². The monoisotopic (exact) mass is 345 g/mol. The molecule has 0 N–H and O–H groups in total. The molecule has 0 saturated carbocycles. The summed E-state index contributed by atoms with van der Waals surface area (Å²) in [5.41, 5.74) is 2.24. The van der Waals surface area contributed by atoms with E-state index >= 15 is 0 Å². The van der Waals surface area contributed by atoms with Gasteiger partial charge in [-0.1, -0.05) is 6.07 Å². The van der Waals surface area contributed by atoms with Crippen LogP contribution in [0.1, 0.15) is 16.1 Å². The van der Waals surface area contributed by atoms with Crippen molar-refractivity contribution in [1.29, 1.82) is 0 Å². The minimum atomic E-state index is 0.148. The molecule has 0 fully saturated rings.